The topological polar surface area (TPSA) is 71.2 Å². The molecule has 1 aliphatic heterocycles. The highest BCUT2D eigenvalue weighted by atomic mass is 35.5. The zero-order valence-corrected chi connectivity index (χ0v) is 17.4. The van der Waals surface area contributed by atoms with Crippen molar-refractivity contribution in [3.8, 4) is 5.75 Å². The quantitative estimate of drug-likeness (QED) is 0.738. The minimum absolute atomic E-state index is 0.0217. The molecule has 1 aliphatic carbocycles. The summed E-state index contributed by atoms with van der Waals surface area (Å²) in [6.45, 7) is 3.90. The van der Waals surface area contributed by atoms with E-state index in [0.29, 0.717) is 28.8 Å². The summed E-state index contributed by atoms with van der Waals surface area (Å²) in [6.07, 6.45) is 5.41. The van der Waals surface area contributed by atoms with Gasteiger partial charge in [-0.1, -0.05) is 29.8 Å². The Hall–Kier alpha value is -2.53. The van der Waals surface area contributed by atoms with Crippen LogP contribution in [0.2, 0.25) is 5.02 Å². The van der Waals surface area contributed by atoms with Crippen LogP contribution >= 0.6 is 11.6 Å². The monoisotopic (exact) mass is 412 g/mol. The Morgan fingerprint density at radius 3 is 2.55 bits per heavy atom. The molecular formula is C23H25ClN2O3. The number of aromatic amines is 1. The van der Waals surface area contributed by atoms with Gasteiger partial charge < -0.3 is 15.0 Å². The van der Waals surface area contributed by atoms with Crippen LogP contribution in [-0.2, 0) is 4.79 Å². The van der Waals surface area contributed by atoms with Crippen molar-refractivity contribution >= 4 is 23.1 Å². The summed E-state index contributed by atoms with van der Waals surface area (Å²) in [5.74, 6) is 1.05. The lowest BCUT2D eigenvalue weighted by Crippen LogP contribution is -2.23. The first-order valence-corrected chi connectivity index (χ1v) is 10.5. The smallest absolute Gasteiger partial charge is 0.251 e. The summed E-state index contributed by atoms with van der Waals surface area (Å²) in [5, 5.41) is 3.47. The number of pyridine rings is 1. The number of hydrogen-bond donors (Lipinski definition) is 2. The fourth-order valence-corrected chi connectivity index (χ4v) is 3.91. The Labute approximate surface area is 175 Å². The molecule has 1 aromatic carbocycles. The molecule has 1 saturated heterocycles. The number of aromatic nitrogens is 1. The first-order valence-electron chi connectivity index (χ1n) is 10.1. The van der Waals surface area contributed by atoms with E-state index in [4.69, 9.17) is 16.3 Å². The summed E-state index contributed by atoms with van der Waals surface area (Å²) in [6, 6.07) is 9.41. The maximum absolute atomic E-state index is 12.6. The number of benzene rings is 1. The van der Waals surface area contributed by atoms with Gasteiger partial charge >= 0.3 is 0 Å². The zero-order chi connectivity index (χ0) is 20.5. The minimum Gasteiger partial charge on any atom is -0.489 e. The maximum Gasteiger partial charge on any atom is 0.251 e. The van der Waals surface area contributed by atoms with Crippen LogP contribution in [0.25, 0.3) is 5.57 Å². The molecule has 152 valence electrons. The van der Waals surface area contributed by atoms with Gasteiger partial charge in [0.1, 0.15) is 5.75 Å². The van der Waals surface area contributed by atoms with E-state index in [-0.39, 0.29) is 23.6 Å². The normalized spacial score (nSPS) is 19.5. The predicted octanol–water partition coefficient (Wildman–Crippen LogP) is 4.40. The number of nitrogens with one attached hydrogen (secondary N) is 2. The number of rotatable bonds is 6. The maximum atomic E-state index is 12.6. The molecule has 5 nitrogen and oxygen atoms in total. The van der Waals surface area contributed by atoms with E-state index in [9.17, 15) is 9.59 Å². The van der Waals surface area contributed by atoms with Crippen LogP contribution in [0.3, 0.4) is 0 Å². The standard InChI is InChI=1S/C23H25ClN2O3/c1-13(2)29-21-9-5-15(11-19(21)24)18(12-16-6-10-22(27)25-16)20-8-7-17(14-3-4-14)23(28)26-20/h5,7-9,11-14,16H,3-4,6,10H2,1-2H3,(H,25,27)(H,26,28)/b18-12+/t16-/m1/s1. The van der Waals surface area contributed by atoms with E-state index in [1.165, 1.54) is 0 Å². The van der Waals surface area contributed by atoms with Gasteiger partial charge in [0.25, 0.3) is 5.56 Å². The number of hydrogen-bond acceptors (Lipinski definition) is 3. The molecule has 0 bridgehead atoms. The van der Waals surface area contributed by atoms with Crippen molar-refractivity contribution in [1.29, 1.82) is 0 Å². The fourth-order valence-electron chi connectivity index (χ4n) is 3.68. The highest BCUT2D eigenvalue weighted by Crippen LogP contribution is 2.38. The number of halogens is 1. The van der Waals surface area contributed by atoms with Crippen LogP contribution in [0.1, 0.15) is 62.3 Å². The van der Waals surface area contributed by atoms with Crippen LogP contribution in [0.4, 0.5) is 0 Å². The van der Waals surface area contributed by atoms with Crippen LogP contribution in [0, 0.1) is 0 Å². The molecule has 2 aromatic rings. The lowest BCUT2D eigenvalue weighted by molar-refractivity contribution is -0.119. The SMILES string of the molecule is CC(C)Oc1ccc(/C(=C\[C@H]2CCC(=O)N2)c2ccc(C3CC3)c(=O)[nH]2)cc1Cl. The molecule has 6 heteroatoms. The highest BCUT2D eigenvalue weighted by molar-refractivity contribution is 6.32. The van der Waals surface area contributed by atoms with Crippen LogP contribution < -0.4 is 15.6 Å². The Morgan fingerprint density at radius 2 is 1.97 bits per heavy atom. The Morgan fingerprint density at radius 1 is 1.17 bits per heavy atom. The summed E-state index contributed by atoms with van der Waals surface area (Å²) < 4.78 is 5.73. The van der Waals surface area contributed by atoms with Gasteiger partial charge in [0, 0.05) is 29.3 Å². The Kier molecular flexibility index (Phi) is 5.50. The summed E-state index contributed by atoms with van der Waals surface area (Å²) in [5.41, 5.74) is 3.23. The number of ether oxygens (including phenoxy) is 1. The van der Waals surface area contributed by atoms with Gasteiger partial charge in [-0.25, -0.2) is 0 Å². The van der Waals surface area contributed by atoms with E-state index in [0.717, 1.165) is 36.0 Å². The number of H-pyrrole nitrogens is 1. The molecule has 1 amide bonds. The summed E-state index contributed by atoms with van der Waals surface area (Å²) >= 11 is 6.46. The van der Waals surface area contributed by atoms with Gasteiger partial charge in [0.15, 0.2) is 0 Å². The second-order valence-electron chi connectivity index (χ2n) is 8.04. The molecule has 1 aromatic heterocycles. The van der Waals surface area contributed by atoms with Gasteiger partial charge in [-0.2, -0.15) is 0 Å². The molecule has 1 saturated carbocycles. The summed E-state index contributed by atoms with van der Waals surface area (Å²) in [7, 11) is 0. The number of carbonyl (C=O) groups excluding carboxylic acids is 1. The molecule has 2 heterocycles. The molecule has 4 rings (SSSR count). The molecule has 29 heavy (non-hydrogen) atoms. The largest absolute Gasteiger partial charge is 0.489 e. The van der Waals surface area contributed by atoms with Crippen molar-refractivity contribution < 1.29 is 9.53 Å². The van der Waals surface area contributed by atoms with Crippen LogP contribution in [0.15, 0.2) is 41.2 Å². The second-order valence-corrected chi connectivity index (χ2v) is 8.44. The first kappa shape index (κ1) is 19.8. The van der Waals surface area contributed by atoms with Crippen LogP contribution in [-0.4, -0.2) is 23.0 Å². The van der Waals surface area contributed by atoms with Gasteiger partial charge in [0.05, 0.1) is 11.1 Å². The van der Waals surface area contributed by atoms with Gasteiger partial charge in [-0.05, 0) is 62.8 Å². The van der Waals surface area contributed by atoms with Crippen molar-refractivity contribution in [2.45, 2.75) is 57.6 Å². The number of amides is 1. The van der Waals surface area contributed by atoms with E-state index in [1.54, 1.807) is 0 Å². The number of carbonyl (C=O) groups is 1. The third-order valence-electron chi connectivity index (χ3n) is 5.25. The van der Waals surface area contributed by atoms with E-state index < -0.39 is 0 Å². The van der Waals surface area contributed by atoms with Crippen molar-refractivity contribution in [3.05, 3.63) is 68.6 Å². The Bertz CT molecular complexity index is 1020. The summed E-state index contributed by atoms with van der Waals surface area (Å²) in [4.78, 5) is 27.3. The molecule has 0 unspecified atom stereocenters. The van der Waals surface area contributed by atoms with Gasteiger partial charge in [-0.15, -0.1) is 0 Å². The average Bonchev–Trinajstić information content (AvgIpc) is 3.42. The minimum atomic E-state index is -0.0746. The van der Waals surface area contributed by atoms with E-state index in [2.05, 4.69) is 10.3 Å². The molecule has 0 radical (unpaired) electrons. The second kappa shape index (κ2) is 8.07. The molecule has 2 N–H and O–H groups in total. The Balaban J connectivity index is 1.74. The first-order chi connectivity index (χ1) is 13.9. The molecule has 0 spiro atoms. The lowest BCUT2D eigenvalue weighted by atomic mass is 9.98. The third kappa shape index (κ3) is 4.56. The lowest BCUT2D eigenvalue weighted by Gasteiger charge is -2.15. The van der Waals surface area contributed by atoms with Crippen molar-refractivity contribution in [1.82, 2.24) is 10.3 Å². The van der Waals surface area contributed by atoms with Crippen molar-refractivity contribution in [2.24, 2.45) is 0 Å². The van der Waals surface area contributed by atoms with Gasteiger partial charge in [0.2, 0.25) is 5.91 Å². The van der Waals surface area contributed by atoms with E-state index in [1.807, 2.05) is 50.3 Å². The average molecular weight is 413 g/mol. The zero-order valence-electron chi connectivity index (χ0n) is 16.6. The molecule has 2 aliphatic rings. The molecule has 1 atom stereocenters. The van der Waals surface area contributed by atoms with Crippen molar-refractivity contribution in [3.63, 3.8) is 0 Å². The highest BCUT2D eigenvalue weighted by Gasteiger charge is 2.27. The van der Waals surface area contributed by atoms with Crippen LogP contribution in [0.5, 0.6) is 5.75 Å². The molecule has 2 fully saturated rings. The molecular weight excluding hydrogens is 388 g/mol. The van der Waals surface area contributed by atoms with Crippen molar-refractivity contribution in [2.75, 3.05) is 0 Å². The fraction of sp³-hybridized carbons (Fsp3) is 0.391. The van der Waals surface area contributed by atoms with E-state index >= 15 is 0 Å². The predicted molar refractivity (Wildman–Crippen MR) is 114 cm³/mol. The third-order valence-corrected chi connectivity index (χ3v) is 5.54. The van der Waals surface area contributed by atoms with Gasteiger partial charge in [-0.3, -0.25) is 9.59 Å².